The van der Waals surface area contributed by atoms with Crippen LogP contribution in [-0.4, -0.2) is 62.0 Å². The highest BCUT2D eigenvalue weighted by Gasteiger charge is 2.26. The highest BCUT2D eigenvalue weighted by Crippen LogP contribution is 2.20. The zero-order valence-corrected chi connectivity index (χ0v) is 24.0. The molecule has 1 N–H and O–H groups in total. The van der Waals surface area contributed by atoms with Crippen molar-refractivity contribution in [2.75, 3.05) is 38.5 Å². The molecule has 208 valence electrons. The van der Waals surface area contributed by atoms with Crippen LogP contribution in [0.5, 0.6) is 0 Å². The minimum Gasteiger partial charge on any atom is -0.462 e. The molecule has 0 saturated carbocycles. The Kier molecular flexibility index (Phi) is 13.6. The molecule has 0 aliphatic rings. The molecule has 2 aromatic carbocycles. The van der Waals surface area contributed by atoms with Crippen LogP contribution in [0.2, 0.25) is 0 Å². The van der Waals surface area contributed by atoms with Crippen molar-refractivity contribution in [3.8, 4) is 0 Å². The number of hydrogen-bond acceptors (Lipinski definition) is 4. The van der Waals surface area contributed by atoms with Gasteiger partial charge in [0, 0.05) is 5.92 Å². The van der Waals surface area contributed by atoms with Crippen molar-refractivity contribution in [2.45, 2.75) is 78.6 Å². The van der Waals surface area contributed by atoms with E-state index in [-0.39, 0.29) is 12.4 Å². The van der Waals surface area contributed by atoms with E-state index >= 15 is 0 Å². The van der Waals surface area contributed by atoms with Gasteiger partial charge in [0.25, 0.3) is 10.1 Å². The first-order valence-electron chi connectivity index (χ1n) is 14.2. The first kappa shape index (κ1) is 31.3. The van der Waals surface area contributed by atoms with E-state index in [9.17, 15) is 17.8 Å². The van der Waals surface area contributed by atoms with Crippen LogP contribution in [0.4, 0.5) is 0 Å². The Bertz CT molecular complexity index is 1030. The molecule has 0 radical (unpaired) electrons. The second-order valence-electron chi connectivity index (χ2n) is 10.6. The van der Waals surface area contributed by atoms with Crippen LogP contribution in [0.15, 0.2) is 42.5 Å². The maximum atomic E-state index is 12.7. The number of ether oxygens (including phenoxy) is 1. The van der Waals surface area contributed by atoms with E-state index in [1.165, 1.54) is 58.2 Å². The van der Waals surface area contributed by atoms with E-state index in [1.807, 2.05) is 30.3 Å². The molecule has 37 heavy (non-hydrogen) atoms. The zero-order valence-electron chi connectivity index (χ0n) is 23.2. The third-order valence-electron chi connectivity index (χ3n) is 7.33. The Balaban J connectivity index is 1.97. The lowest BCUT2D eigenvalue weighted by Gasteiger charge is -2.39. The summed E-state index contributed by atoms with van der Waals surface area (Å²) in [5.74, 6) is -1.29. The van der Waals surface area contributed by atoms with Gasteiger partial charge in [-0.05, 0) is 61.4 Å². The molecule has 0 spiro atoms. The summed E-state index contributed by atoms with van der Waals surface area (Å²) in [7, 11) is -4.16. The molecular weight excluding hydrogens is 486 g/mol. The number of carbonyl (C=O) groups excluding carboxylic acids is 1. The number of unbranched alkanes of at least 4 members (excludes halogenated alkanes) is 4. The Morgan fingerprint density at radius 1 is 0.838 bits per heavy atom. The molecule has 1 unspecified atom stereocenters. The molecule has 0 bridgehead atoms. The van der Waals surface area contributed by atoms with Crippen molar-refractivity contribution in [1.29, 1.82) is 0 Å². The number of carbonyl (C=O) groups is 1. The SMILES string of the molecule is CCCC[N+](CCCC)(CCCC)CCCCC(COC(=O)c1ccc2ccccc2c1)CS(=O)(=O)O. The van der Waals surface area contributed by atoms with Gasteiger partial charge in [-0.25, -0.2) is 4.79 Å². The van der Waals surface area contributed by atoms with Gasteiger partial charge < -0.3 is 9.22 Å². The predicted molar refractivity (Wildman–Crippen MR) is 152 cm³/mol. The van der Waals surface area contributed by atoms with Crippen molar-refractivity contribution in [3.05, 3.63) is 48.0 Å². The van der Waals surface area contributed by atoms with Crippen LogP contribution >= 0.6 is 0 Å². The predicted octanol–water partition coefficient (Wildman–Crippen LogP) is 6.89. The lowest BCUT2D eigenvalue weighted by Crippen LogP contribution is -2.50. The minimum atomic E-state index is -4.16. The summed E-state index contributed by atoms with van der Waals surface area (Å²) in [6, 6.07) is 13.2. The molecule has 0 heterocycles. The van der Waals surface area contributed by atoms with Gasteiger partial charge in [0.2, 0.25) is 0 Å². The molecule has 2 rings (SSSR count). The summed E-state index contributed by atoms with van der Waals surface area (Å²) >= 11 is 0. The summed E-state index contributed by atoms with van der Waals surface area (Å²) in [5, 5.41) is 1.98. The van der Waals surface area contributed by atoms with E-state index in [4.69, 9.17) is 4.74 Å². The van der Waals surface area contributed by atoms with Gasteiger partial charge in [-0.1, -0.05) is 70.4 Å². The van der Waals surface area contributed by atoms with Gasteiger partial charge in [-0.15, -0.1) is 0 Å². The molecule has 0 saturated heterocycles. The fraction of sp³-hybridized carbons (Fsp3) is 0.633. The molecule has 0 amide bonds. The van der Waals surface area contributed by atoms with Gasteiger partial charge >= 0.3 is 5.97 Å². The maximum Gasteiger partial charge on any atom is 0.338 e. The van der Waals surface area contributed by atoms with Crippen LogP contribution in [0.25, 0.3) is 10.8 Å². The number of quaternary nitrogens is 1. The van der Waals surface area contributed by atoms with E-state index in [0.29, 0.717) is 12.0 Å². The number of rotatable bonds is 19. The molecular formula is C30H48NO5S+. The largest absolute Gasteiger partial charge is 0.462 e. The molecule has 2 aromatic rings. The smallest absolute Gasteiger partial charge is 0.338 e. The number of fused-ring (bicyclic) bond motifs is 1. The average Bonchev–Trinajstić information content (AvgIpc) is 2.88. The Morgan fingerprint density at radius 2 is 1.41 bits per heavy atom. The quantitative estimate of drug-likeness (QED) is 0.0919. The van der Waals surface area contributed by atoms with Crippen molar-refractivity contribution in [2.24, 2.45) is 5.92 Å². The molecule has 7 heteroatoms. The van der Waals surface area contributed by atoms with E-state index in [1.54, 1.807) is 12.1 Å². The van der Waals surface area contributed by atoms with Crippen LogP contribution in [0.3, 0.4) is 0 Å². The van der Waals surface area contributed by atoms with Crippen molar-refractivity contribution >= 4 is 26.9 Å². The zero-order chi connectivity index (χ0) is 27.2. The topological polar surface area (TPSA) is 80.7 Å². The van der Waals surface area contributed by atoms with Gasteiger partial charge in [0.05, 0.1) is 44.1 Å². The molecule has 1 atom stereocenters. The van der Waals surface area contributed by atoms with Crippen LogP contribution in [0.1, 0.15) is 88.9 Å². The van der Waals surface area contributed by atoms with Crippen molar-refractivity contribution in [1.82, 2.24) is 0 Å². The van der Waals surface area contributed by atoms with Gasteiger partial charge in [-0.2, -0.15) is 8.42 Å². The number of benzene rings is 2. The fourth-order valence-corrected chi connectivity index (χ4v) is 6.00. The monoisotopic (exact) mass is 534 g/mol. The summed E-state index contributed by atoms with van der Waals surface area (Å²) in [5.41, 5.74) is 0.439. The molecule has 0 aromatic heterocycles. The van der Waals surface area contributed by atoms with E-state index in [2.05, 4.69) is 20.8 Å². The van der Waals surface area contributed by atoms with E-state index in [0.717, 1.165) is 34.6 Å². The first-order valence-corrected chi connectivity index (χ1v) is 15.8. The second-order valence-corrected chi connectivity index (χ2v) is 12.1. The second kappa shape index (κ2) is 16.1. The maximum absolute atomic E-state index is 12.7. The number of nitrogens with zero attached hydrogens (tertiary/aromatic N) is 1. The Hall–Kier alpha value is -1.96. The van der Waals surface area contributed by atoms with Crippen molar-refractivity contribution < 1.29 is 27.0 Å². The number of esters is 1. The minimum absolute atomic E-state index is 0.0209. The summed E-state index contributed by atoms with van der Waals surface area (Å²) in [6.45, 7) is 11.4. The van der Waals surface area contributed by atoms with Crippen LogP contribution < -0.4 is 0 Å². The van der Waals surface area contributed by atoms with Crippen LogP contribution in [0, 0.1) is 5.92 Å². The Labute approximate surface area is 224 Å². The highest BCUT2D eigenvalue weighted by atomic mass is 32.2. The first-order chi connectivity index (χ1) is 17.7. The lowest BCUT2D eigenvalue weighted by molar-refractivity contribution is -0.929. The van der Waals surface area contributed by atoms with Gasteiger partial charge in [0.15, 0.2) is 0 Å². The molecule has 6 nitrogen and oxygen atoms in total. The molecule has 0 fully saturated rings. The normalized spacial score (nSPS) is 13.1. The Morgan fingerprint density at radius 3 is 1.97 bits per heavy atom. The van der Waals surface area contributed by atoms with E-state index < -0.39 is 22.0 Å². The average molecular weight is 535 g/mol. The lowest BCUT2D eigenvalue weighted by atomic mass is 10.0. The third kappa shape index (κ3) is 11.5. The standard InChI is InChI=1S/C30H47NO5S/c1-4-7-19-31(20-8-5-2,21-9-6-3)22-13-12-14-26(25-37(33,34)35)24-36-30(32)29-18-17-27-15-10-11-16-28(27)23-29/h10-11,15-18,23,26H,4-9,12-14,19-22,24-25H2,1-3H3/p+1. The van der Waals surface area contributed by atoms with Crippen molar-refractivity contribution in [3.63, 3.8) is 0 Å². The third-order valence-corrected chi connectivity index (χ3v) is 8.23. The number of hydrogen-bond donors (Lipinski definition) is 1. The van der Waals surface area contributed by atoms with Crippen LogP contribution in [-0.2, 0) is 14.9 Å². The highest BCUT2D eigenvalue weighted by molar-refractivity contribution is 7.85. The summed E-state index contributed by atoms with van der Waals surface area (Å²) in [6.07, 6.45) is 9.69. The van der Waals surface area contributed by atoms with Gasteiger partial charge in [-0.3, -0.25) is 4.55 Å². The molecule has 0 aliphatic carbocycles. The van der Waals surface area contributed by atoms with Gasteiger partial charge in [0.1, 0.15) is 0 Å². The fourth-order valence-electron chi connectivity index (χ4n) is 5.14. The summed E-state index contributed by atoms with van der Waals surface area (Å²) in [4.78, 5) is 12.7. The molecule has 0 aliphatic heterocycles. The summed E-state index contributed by atoms with van der Waals surface area (Å²) < 4.78 is 39.5.